The summed E-state index contributed by atoms with van der Waals surface area (Å²) in [6, 6.07) is 9.16. The molecule has 0 saturated heterocycles. The van der Waals surface area contributed by atoms with Crippen molar-refractivity contribution in [3.63, 3.8) is 0 Å². The summed E-state index contributed by atoms with van der Waals surface area (Å²) < 4.78 is 5.07. The summed E-state index contributed by atoms with van der Waals surface area (Å²) in [6.45, 7) is 2.10. The van der Waals surface area contributed by atoms with Gasteiger partial charge in [0.2, 0.25) is 0 Å². The van der Waals surface area contributed by atoms with Crippen molar-refractivity contribution in [2.24, 2.45) is 0 Å². The van der Waals surface area contributed by atoms with Gasteiger partial charge in [-0.15, -0.1) is 11.8 Å². The number of rotatable bonds is 5. The Hall–Kier alpha value is -1.00. The zero-order valence-electron chi connectivity index (χ0n) is 12.7. The molecule has 2 unspecified atom stereocenters. The molecule has 3 nitrogen and oxygen atoms in total. The van der Waals surface area contributed by atoms with Crippen molar-refractivity contribution in [1.29, 1.82) is 0 Å². The molecule has 0 spiro atoms. The molecule has 0 bridgehead atoms. The largest absolute Gasteiger partial charge is 0.468 e. The number of carbonyl (C=O) groups is 1. The lowest BCUT2D eigenvalue weighted by atomic mass is 9.97. The van der Waals surface area contributed by atoms with Gasteiger partial charge in [-0.3, -0.25) is 10.1 Å². The lowest BCUT2D eigenvalue weighted by molar-refractivity contribution is -0.148. The molecule has 0 aromatic heterocycles. The molecule has 2 fully saturated rings. The van der Waals surface area contributed by atoms with E-state index in [0.29, 0.717) is 11.3 Å². The van der Waals surface area contributed by atoms with E-state index in [9.17, 15) is 4.79 Å². The Morgan fingerprint density at radius 3 is 2.62 bits per heavy atom. The van der Waals surface area contributed by atoms with E-state index < -0.39 is 5.54 Å². The van der Waals surface area contributed by atoms with Gasteiger partial charge in [0.1, 0.15) is 5.54 Å². The topological polar surface area (TPSA) is 38.3 Å². The van der Waals surface area contributed by atoms with Crippen molar-refractivity contribution < 1.29 is 9.53 Å². The smallest absolute Gasteiger partial charge is 0.326 e. The second-order valence-corrected chi connectivity index (χ2v) is 7.66. The van der Waals surface area contributed by atoms with Crippen molar-refractivity contribution >= 4 is 17.7 Å². The summed E-state index contributed by atoms with van der Waals surface area (Å²) in [5.74, 6) is -0.0820. The molecule has 1 aromatic rings. The molecule has 1 aromatic carbocycles. The Kier molecular flexibility index (Phi) is 4.27. The van der Waals surface area contributed by atoms with Gasteiger partial charge >= 0.3 is 5.97 Å². The van der Waals surface area contributed by atoms with Crippen LogP contribution in [0.1, 0.15) is 37.7 Å². The second-order valence-electron chi connectivity index (χ2n) is 6.29. The highest BCUT2D eigenvalue weighted by Gasteiger charge is 2.48. The van der Waals surface area contributed by atoms with E-state index in [1.54, 1.807) is 0 Å². The van der Waals surface area contributed by atoms with Crippen LogP contribution in [0.5, 0.6) is 0 Å². The Morgan fingerprint density at radius 1 is 1.29 bits per heavy atom. The van der Waals surface area contributed by atoms with Crippen molar-refractivity contribution in [3.05, 3.63) is 29.8 Å². The second kappa shape index (κ2) is 6.01. The Balaban J connectivity index is 1.66. The van der Waals surface area contributed by atoms with Crippen LogP contribution < -0.4 is 5.32 Å². The minimum atomic E-state index is -0.446. The van der Waals surface area contributed by atoms with E-state index in [-0.39, 0.29) is 5.97 Å². The number of aryl methyl sites for hydroxylation is 1. The van der Waals surface area contributed by atoms with Gasteiger partial charge in [0.15, 0.2) is 0 Å². The Morgan fingerprint density at radius 2 is 2.00 bits per heavy atom. The molecular formula is C17H23NO2S. The molecular weight excluding hydrogens is 282 g/mol. The number of nitrogens with one attached hydrogen (secondary N) is 1. The van der Waals surface area contributed by atoms with E-state index in [1.165, 1.54) is 30.4 Å². The van der Waals surface area contributed by atoms with Crippen molar-refractivity contribution in [3.8, 4) is 0 Å². The van der Waals surface area contributed by atoms with Gasteiger partial charge in [0.05, 0.1) is 7.11 Å². The molecule has 2 aliphatic carbocycles. The van der Waals surface area contributed by atoms with Crippen LogP contribution in [0.25, 0.3) is 0 Å². The van der Waals surface area contributed by atoms with E-state index in [2.05, 4.69) is 36.5 Å². The number of esters is 1. The number of carbonyl (C=O) groups excluding carboxylic acids is 1. The van der Waals surface area contributed by atoms with Crippen molar-refractivity contribution in [2.75, 3.05) is 7.11 Å². The normalized spacial score (nSPS) is 28.6. The molecule has 0 amide bonds. The first-order valence-corrected chi connectivity index (χ1v) is 8.59. The first kappa shape index (κ1) is 14.9. The highest BCUT2D eigenvalue weighted by Crippen LogP contribution is 2.42. The SMILES string of the molecule is COC(=O)C1(NC2CC2)CCC(Sc2ccc(C)cc2)C1. The Labute approximate surface area is 130 Å². The molecule has 21 heavy (non-hydrogen) atoms. The fourth-order valence-electron chi connectivity index (χ4n) is 3.10. The molecule has 0 radical (unpaired) electrons. The molecule has 4 heteroatoms. The van der Waals surface area contributed by atoms with Gasteiger partial charge in [-0.05, 0) is 51.2 Å². The molecule has 0 aliphatic heterocycles. The highest BCUT2D eigenvalue weighted by atomic mass is 32.2. The van der Waals surface area contributed by atoms with Crippen LogP contribution in [0.15, 0.2) is 29.2 Å². The van der Waals surface area contributed by atoms with E-state index in [4.69, 9.17) is 4.74 Å². The summed E-state index contributed by atoms with van der Waals surface area (Å²) in [7, 11) is 1.50. The van der Waals surface area contributed by atoms with Gasteiger partial charge in [-0.2, -0.15) is 0 Å². The van der Waals surface area contributed by atoms with Crippen LogP contribution in [-0.4, -0.2) is 29.9 Å². The van der Waals surface area contributed by atoms with Crippen LogP contribution in [0.3, 0.4) is 0 Å². The molecule has 2 saturated carbocycles. The van der Waals surface area contributed by atoms with Gasteiger partial charge < -0.3 is 4.74 Å². The van der Waals surface area contributed by atoms with E-state index >= 15 is 0 Å². The highest BCUT2D eigenvalue weighted by molar-refractivity contribution is 8.00. The molecule has 114 valence electrons. The van der Waals surface area contributed by atoms with Crippen LogP contribution in [0.4, 0.5) is 0 Å². The average molecular weight is 305 g/mol. The fraction of sp³-hybridized carbons (Fsp3) is 0.588. The number of thioether (sulfide) groups is 1. The third kappa shape index (κ3) is 3.43. The zero-order chi connectivity index (χ0) is 14.9. The average Bonchev–Trinajstić information content (AvgIpc) is 3.20. The first-order valence-electron chi connectivity index (χ1n) is 7.71. The summed E-state index contributed by atoms with van der Waals surface area (Å²) in [4.78, 5) is 13.5. The number of hydrogen-bond donors (Lipinski definition) is 1. The number of ether oxygens (including phenoxy) is 1. The third-order valence-corrected chi connectivity index (χ3v) is 5.71. The van der Waals surface area contributed by atoms with Crippen LogP contribution in [0.2, 0.25) is 0 Å². The minimum absolute atomic E-state index is 0.0820. The Bertz CT molecular complexity index is 512. The van der Waals surface area contributed by atoms with Crippen LogP contribution in [-0.2, 0) is 9.53 Å². The summed E-state index contributed by atoms with van der Waals surface area (Å²) >= 11 is 1.89. The molecule has 2 atom stereocenters. The predicted molar refractivity (Wildman–Crippen MR) is 85.6 cm³/mol. The lowest BCUT2D eigenvalue weighted by Gasteiger charge is -2.27. The summed E-state index contributed by atoms with van der Waals surface area (Å²) in [6.07, 6.45) is 5.20. The van der Waals surface area contributed by atoms with Crippen molar-refractivity contribution in [1.82, 2.24) is 5.32 Å². The maximum absolute atomic E-state index is 12.2. The lowest BCUT2D eigenvalue weighted by Crippen LogP contribution is -2.52. The first-order chi connectivity index (χ1) is 10.1. The molecule has 2 aliphatic rings. The van der Waals surface area contributed by atoms with E-state index in [0.717, 1.165) is 19.3 Å². The van der Waals surface area contributed by atoms with Gasteiger partial charge in [-0.25, -0.2) is 0 Å². The summed E-state index contributed by atoms with van der Waals surface area (Å²) in [5.41, 5.74) is 0.836. The zero-order valence-corrected chi connectivity index (χ0v) is 13.5. The fourth-order valence-corrected chi connectivity index (χ4v) is 4.38. The molecule has 1 N–H and O–H groups in total. The number of benzene rings is 1. The van der Waals surface area contributed by atoms with E-state index in [1.807, 2.05) is 11.8 Å². The minimum Gasteiger partial charge on any atom is -0.468 e. The van der Waals surface area contributed by atoms with Gasteiger partial charge in [0.25, 0.3) is 0 Å². The standard InChI is InChI=1S/C17H23NO2S/c1-12-3-7-14(8-4-12)21-15-9-10-17(11-15,16(19)20-2)18-13-5-6-13/h3-4,7-8,13,15,18H,5-6,9-11H2,1-2H3. The molecule has 0 heterocycles. The quantitative estimate of drug-likeness (QED) is 0.847. The van der Waals surface area contributed by atoms with Crippen LogP contribution >= 0.6 is 11.8 Å². The van der Waals surface area contributed by atoms with Crippen molar-refractivity contribution in [2.45, 2.75) is 60.8 Å². The van der Waals surface area contributed by atoms with Crippen LogP contribution in [0, 0.1) is 6.92 Å². The van der Waals surface area contributed by atoms with Gasteiger partial charge in [0, 0.05) is 16.2 Å². The maximum atomic E-state index is 12.2. The summed E-state index contributed by atoms with van der Waals surface area (Å²) in [5, 5.41) is 4.04. The predicted octanol–water partition coefficient (Wildman–Crippen LogP) is 3.30. The van der Waals surface area contributed by atoms with Gasteiger partial charge in [-0.1, -0.05) is 17.7 Å². The molecule has 3 rings (SSSR count). The number of hydrogen-bond acceptors (Lipinski definition) is 4. The monoisotopic (exact) mass is 305 g/mol. The maximum Gasteiger partial charge on any atom is 0.326 e. The number of methoxy groups -OCH3 is 1. The third-order valence-electron chi connectivity index (χ3n) is 4.43.